The number of methoxy groups -OCH3 is 2. The summed E-state index contributed by atoms with van der Waals surface area (Å²) in [7, 11) is 2.80. The van der Waals surface area contributed by atoms with Gasteiger partial charge in [-0.1, -0.05) is 42.0 Å². The molecule has 42 heavy (non-hydrogen) atoms. The number of imidazole rings is 1. The van der Waals surface area contributed by atoms with Crippen molar-refractivity contribution in [2.24, 2.45) is 0 Å². The lowest BCUT2D eigenvalue weighted by atomic mass is 10.0. The van der Waals surface area contributed by atoms with E-state index in [4.69, 9.17) is 9.15 Å². The molecular formula is C32H31N3O7. The lowest BCUT2D eigenvalue weighted by Gasteiger charge is -2.11. The summed E-state index contributed by atoms with van der Waals surface area (Å²) in [5, 5.41) is 12.7. The van der Waals surface area contributed by atoms with Crippen molar-refractivity contribution in [2.45, 2.75) is 27.2 Å². The van der Waals surface area contributed by atoms with Crippen molar-refractivity contribution in [3.8, 4) is 11.5 Å². The molecule has 0 aliphatic rings. The smallest absolute Gasteiger partial charge is 0.413 e. The van der Waals surface area contributed by atoms with Gasteiger partial charge in [-0.15, -0.1) is 0 Å². The number of H-pyrrole nitrogens is 1. The predicted octanol–water partition coefficient (Wildman–Crippen LogP) is 6.30. The molecule has 0 radical (unpaired) electrons. The summed E-state index contributed by atoms with van der Waals surface area (Å²) < 4.78 is 15.5. The maximum atomic E-state index is 12.4. The number of phenols is 1. The van der Waals surface area contributed by atoms with Crippen LogP contribution in [-0.4, -0.2) is 41.2 Å². The number of phenolic OH excluding ortho intramolecular Hbond substituents is 1. The number of amides is 1. The second-order valence-electron chi connectivity index (χ2n) is 9.62. The first-order chi connectivity index (χ1) is 20.1. The SMILES string of the molecule is COC(=O)Nc1nc2ccc(C(=O)c3ccccc3)cc2[nH]1.COc1cc(O)c2c(=O)cc(C)oc2c1CC=C(C)C. The average molecular weight is 570 g/mol. The quantitative estimate of drug-likeness (QED) is 0.160. The minimum Gasteiger partial charge on any atom is -0.507 e. The number of aromatic hydroxyl groups is 1. The fourth-order valence-corrected chi connectivity index (χ4v) is 4.26. The van der Waals surface area contributed by atoms with Gasteiger partial charge in [0.2, 0.25) is 5.95 Å². The molecule has 3 aromatic carbocycles. The van der Waals surface area contributed by atoms with E-state index in [9.17, 15) is 19.5 Å². The molecule has 216 valence electrons. The number of hydrogen-bond donors (Lipinski definition) is 3. The van der Waals surface area contributed by atoms with Crippen LogP contribution in [0.5, 0.6) is 11.5 Å². The third kappa shape index (κ3) is 6.67. The fraction of sp³-hybridized carbons (Fsp3) is 0.188. The Kier molecular flexibility index (Phi) is 9.06. The lowest BCUT2D eigenvalue weighted by Crippen LogP contribution is -2.11. The molecule has 0 spiro atoms. The van der Waals surface area contributed by atoms with E-state index in [2.05, 4.69) is 20.0 Å². The number of carbonyl (C=O) groups excluding carboxylic acids is 2. The van der Waals surface area contributed by atoms with Crippen molar-refractivity contribution in [1.29, 1.82) is 0 Å². The van der Waals surface area contributed by atoms with Crippen molar-refractivity contribution >= 4 is 39.8 Å². The van der Waals surface area contributed by atoms with Crippen molar-refractivity contribution < 1.29 is 28.6 Å². The maximum absolute atomic E-state index is 12.4. The van der Waals surface area contributed by atoms with E-state index in [0.29, 0.717) is 45.7 Å². The van der Waals surface area contributed by atoms with Crippen molar-refractivity contribution in [3.63, 3.8) is 0 Å². The summed E-state index contributed by atoms with van der Waals surface area (Å²) in [5.74, 6) is 1.10. The van der Waals surface area contributed by atoms with E-state index < -0.39 is 6.09 Å². The highest BCUT2D eigenvalue weighted by Crippen LogP contribution is 2.34. The Morgan fingerprint density at radius 3 is 2.45 bits per heavy atom. The van der Waals surface area contributed by atoms with Gasteiger partial charge in [-0.3, -0.25) is 14.9 Å². The summed E-state index contributed by atoms with van der Waals surface area (Å²) in [4.78, 5) is 42.7. The van der Waals surface area contributed by atoms with Crippen molar-refractivity contribution in [3.05, 3.63) is 105 Å². The van der Waals surface area contributed by atoms with E-state index in [1.807, 2.05) is 38.1 Å². The highest BCUT2D eigenvalue weighted by Gasteiger charge is 2.17. The Bertz CT molecular complexity index is 1850. The summed E-state index contributed by atoms with van der Waals surface area (Å²) in [5.41, 5.74) is 4.54. The summed E-state index contributed by atoms with van der Waals surface area (Å²) in [6, 6.07) is 17.0. The van der Waals surface area contributed by atoms with E-state index in [-0.39, 0.29) is 28.3 Å². The highest BCUT2D eigenvalue weighted by atomic mass is 16.5. The van der Waals surface area contributed by atoms with Crippen LogP contribution >= 0.6 is 0 Å². The average Bonchev–Trinajstić information content (AvgIpc) is 3.37. The molecule has 5 rings (SSSR count). The predicted molar refractivity (Wildman–Crippen MR) is 161 cm³/mol. The van der Waals surface area contributed by atoms with Crippen LogP contribution < -0.4 is 15.5 Å². The van der Waals surface area contributed by atoms with Crippen LogP contribution in [0.4, 0.5) is 10.7 Å². The zero-order valence-corrected chi connectivity index (χ0v) is 23.9. The largest absolute Gasteiger partial charge is 0.507 e. The molecule has 5 aromatic rings. The minimum absolute atomic E-state index is 0.0698. The number of aryl methyl sites for hydroxylation is 1. The van der Waals surface area contributed by atoms with Crippen molar-refractivity contribution in [2.75, 3.05) is 19.5 Å². The van der Waals surface area contributed by atoms with Gasteiger partial charge in [0, 0.05) is 28.8 Å². The van der Waals surface area contributed by atoms with Gasteiger partial charge in [0.05, 0.1) is 25.3 Å². The Labute approximate surface area is 241 Å². The van der Waals surface area contributed by atoms with Crippen molar-refractivity contribution in [1.82, 2.24) is 9.97 Å². The fourth-order valence-electron chi connectivity index (χ4n) is 4.26. The normalized spacial score (nSPS) is 10.5. The number of carbonyl (C=O) groups is 2. The molecular weight excluding hydrogens is 538 g/mol. The van der Waals surface area contributed by atoms with E-state index in [1.165, 1.54) is 26.4 Å². The first-order valence-corrected chi connectivity index (χ1v) is 13.0. The Morgan fingerprint density at radius 1 is 1.05 bits per heavy atom. The Balaban J connectivity index is 0.000000194. The standard InChI is InChI=1S/C16H13N3O3.C16H18O4/c1-22-16(21)19-15-17-12-8-7-11(9-13(12)18-15)14(20)10-5-3-2-4-6-10;1-9(2)5-6-11-14(19-4)8-13(18)15-12(17)7-10(3)20-16(11)15/h2-9H,1H3,(H2,17,18,19,21);5,7-8,18H,6H2,1-4H3. The number of aromatic amines is 1. The zero-order chi connectivity index (χ0) is 30.4. The summed E-state index contributed by atoms with van der Waals surface area (Å²) in [6.45, 7) is 5.70. The third-order valence-corrected chi connectivity index (χ3v) is 6.29. The molecule has 10 heteroatoms. The second-order valence-corrected chi connectivity index (χ2v) is 9.62. The highest BCUT2D eigenvalue weighted by molar-refractivity contribution is 6.10. The molecule has 0 saturated carbocycles. The van der Waals surface area contributed by atoms with E-state index >= 15 is 0 Å². The molecule has 0 saturated heterocycles. The molecule has 0 atom stereocenters. The van der Waals surface area contributed by atoms with Crippen LogP contribution in [-0.2, 0) is 11.2 Å². The van der Waals surface area contributed by atoms with Gasteiger partial charge in [0.15, 0.2) is 11.2 Å². The third-order valence-electron chi connectivity index (χ3n) is 6.29. The lowest BCUT2D eigenvalue weighted by molar-refractivity contribution is 0.103. The molecule has 0 fully saturated rings. The molecule has 0 bridgehead atoms. The second kappa shape index (κ2) is 12.9. The van der Waals surface area contributed by atoms with Gasteiger partial charge < -0.3 is 24.0 Å². The van der Waals surface area contributed by atoms with Crippen LogP contribution in [0.15, 0.2) is 81.5 Å². The molecule has 0 unspecified atom stereocenters. The minimum atomic E-state index is -0.611. The van der Waals surface area contributed by atoms with Crippen LogP contribution in [0, 0.1) is 6.92 Å². The first kappa shape index (κ1) is 29.6. The monoisotopic (exact) mass is 569 g/mol. The number of anilines is 1. The molecule has 0 aliphatic heterocycles. The summed E-state index contributed by atoms with van der Waals surface area (Å²) >= 11 is 0. The van der Waals surface area contributed by atoms with E-state index in [0.717, 1.165) is 11.1 Å². The molecule has 3 N–H and O–H groups in total. The van der Waals surface area contributed by atoms with Gasteiger partial charge in [-0.2, -0.15) is 0 Å². The number of nitrogens with one attached hydrogen (secondary N) is 2. The van der Waals surface area contributed by atoms with Gasteiger partial charge in [-0.25, -0.2) is 9.78 Å². The number of benzene rings is 3. The molecule has 2 heterocycles. The number of hydrogen-bond acceptors (Lipinski definition) is 8. The molecule has 10 nitrogen and oxygen atoms in total. The van der Waals surface area contributed by atoms with Crippen LogP contribution in [0.1, 0.15) is 41.1 Å². The molecule has 0 aliphatic carbocycles. The van der Waals surface area contributed by atoms with Gasteiger partial charge in [-0.05, 0) is 45.4 Å². The van der Waals surface area contributed by atoms with Gasteiger partial charge in [0.1, 0.15) is 28.2 Å². The Hall–Kier alpha value is -5.38. The van der Waals surface area contributed by atoms with E-state index in [1.54, 1.807) is 37.3 Å². The summed E-state index contributed by atoms with van der Waals surface area (Å²) in [6.07, 6.45) is 1.99. The van der Waals surface area contributed by atoms with Gasteiger partial charge >= 0.3 is 6.09 Å². The van der Waals surface area contributed by atoms with Crippen LogP contribution in [0.2, 0.25) is 0 Å². The number of aromatic nitrogens is 2. The maximum Gasteiger partial charge on any atom is 0.413 e. The number of fused-ring (bicyclic) bond motifs is 2. The number of ketones is 1. The number of allylic oxidation sites excluding steroid dienone is 2. The van der Waals surface area contributed by atoms with Crippen LogP contribution in [0.3, 0.4) is 0 Å². The topological polar surface area (TPSA) is 144 Å². The molecule has 2 aromatic heterocycles. The first-order valence-electron chi connectivity index (χ1n) is 13.0. The number of rotatable bonds is 6. The van der Waals surface area contributed by atoms with Crippen LogP contribution in [0.25, 0.3) is 22.0 Å². The molecule has 1 amide bonds. The number of nitrogens with zero attached hydrogens (tertiary/aromatic N) is 1. The zero-order valence-electron chi connectivity index (χ0n) is 23.9. The number of ether oxygens (including phenoxy) is 2. The Morgan fingerprint density at radius 2 is 1.79 bits per heavy atom. The van der Waals surface area contributed by atoms with Gasteiger partial charge in [0.25, 0.3) is 0 Å².